The van der Waals surface area contributed by atoms with Crippen LogP contribution in [0.2, 0.25) is 0 Å². The minimum Gasteiger partial charge on any atom is -0.468 e. The van der Waals surface area contributed by atoms with Crippen LogP contribution in [0.25, 0.3) is 10.9 Å². The highest BCUT2D eigenvalue weighted by molar-refractivity contribution is 7.98. The molecule has 100 valence electrons. The molecule has 0 aliphatic heterocycles. The van der Waals surface area contributed by atoms with Gasteiger partial charge in [0.25, 0.3) is 0 Å². The summed E-state index contributed by atoms with van der Waals surface area (Å²) in [6, 6.07) is 9.57. The third-order valence-corrected chi connectivity index (χ3v) is 3.87. The lowest BCUT2D eigenvalue weighted by Crippen LogP contribution is -2.33. The van der Waals surface area contributed by atoms with Crippen molar-refractivity contribution >= 4 is 28.6 Å². The molecule has 1 unspecified atom stereocenters. The molecule has 5 heteroatoms. The maximum absolute atomic E-state index is 11.2. The average molecular weight is 276 g/mol. The Morgan fingerprint density at radius 3 is 3.11 bits per heavy atom. The average Bonchev–Trinajstić information content (AvgIpc) is 2.46. The number of thioether (sulfide) groups is 1. The number of esters is 1. The molecule has 0 fully saturated rings. The standard InChI is InChI=1S/C14H16N2O2S/c1-18-14(17)12(15)9-19-8-10-4-5-13-11(7-10)3-2-6-16-13/h2-7,12H,8-9,15H2,1H3. The lowest BCUT2D eigenvalue weighted by Gasteiger charge is -2.08. The molecule has 0 amide bonds. The number of rotatable bonds is 5. The van der Waals surface area contributed by atoms with Crippen LogP contribution in [-0.2, 0) is 15.3 Å². The van der Waals surface area contributed by atoms with Gasteiger partial charge in [-0.15, -0.1) is 0 Å². The number of pyridine rings is 1. The molecule has 1 aromatic heterocycles. The summed E-state index contributed by atoms with van der Waals surface area (Å²) in [5.41, 5.74) is 7.86. The molecule has 2 N–H and O–H groups in total. The van der Waals surface area contributed by atoms with Gasteiger partial charge in [0.2, 0.25) is 0 Å². The molecule has 0 aliphatic rings. The van der Waals surface area contributed by atoms with Crippen LogP contribution in [0.3, 0.4) is 0 Å². The minimum atomic E-state index is -0.558. The second kappa shape index (κ2) is 6.54. The van der Waals surface area contributed by atoms with E-state index in [9.17, 15) is 4.79 Å². The number of hydrogen-bond donors (Lipinski definition) is 1. The number of methoxy groups -OCH3 is 1. The molecule has 19 heavy (non-hydrogen) atoms. The molecule has 1 heterocycles. The zero-order chi connectivity index (χ0) is 13.7. The molecular formula is C14H16N2O2S. The summed E-state index contributed by atoms with van der Waals surface area (Å²) in [5.74, 6) is 1.00. The number of carbonyl (C=O) groups excluding carboxylic acids is 1. The van der Waals surface area contributed by atoms with E-state index >= 15 is 0 Å². The lowest BCUT2D eigenvalue weighted by molar-refractivity contribution is -0.141. The monoisotopic (exact) mass is 276 g/mol. The van der Waals surface area contributed by atoms with Gasteiger partial charge in [-0.1, -0.05) is 12.1 Å². The smallest absolute Gasteiger partial charge is 0.323 e. The summed E-state index contributed by atoms with van der Waals surface area (Å²) in [4.78, 5) is 15.4. The van der Waals surface area contributed by atoms with Crippen LogP contribution < -0.4 is 5.73 Å². The summed E-state index contributed by atoms with van der Waals surface area (Å²) in [6.07, 6.45) is 1.78. The van der Waals surface area contributed by atoms with E-state index in [0.717, 1.165) is 16.7 Å². The summed E-state index contributed by atoms with van der Waals surface area (Å²) in [5, 5.41) is 1.12. The second-order valence-electron chi connectivity index (χ2n) is 4.18. The van der Waals surface area contributed by atoms with Crippen molar-refractivity contribution in [3.63, 3.8) is 0 Å². The van der Waals surface area contributed by atoms with Gasteiger partial charge in [0, 0.05) is 23.1 Å². The van der Waals surface area contributed by atoms with Gasteiger partial charge < -0.3 is 10.5 Å². The third-order valence-electron chi connectivity index (χ3n) is 2.74. The van der Waals surface area contributed by atoms with Crippen molar-refractivity contribution in [2.24, 2.45) is 5.73 Å². The Bertz CT molecular complexity index is 574. The largest absolute Gasteiger partial charge is 0.468 e. The van der Waals surface area contributed by atoms with Gasteiger partial charge >= 0.3 is 5.97 Å². The number of ether oxygens (including phenoxy) is 1. The van der Waals surface area contributed by atoms with E-state index in [1.165, 1.54) is 12.7 Å². The fourth-order valence-electron chi connectivity index (χ4n) is 1.74. The van der Waals surface area contributed by atoms with Crippen LogP contribution in [0, 0.1) is 0 Å². The maximum Gasteiger partial charge on any atom is 0.323 e. The van der Waals surface area contributed by atoms with Crippen LogP contribution in [-0.4, -0.2) is 29.9 Å². The second-order valence-corrected chi connectivity index (χ2v) is 5.21. The first-order chi connectivity index (χ1) is 9.20. The van der Waals surface area contributed by atoms with Crippen molar-refractivity contribution in [3.8, 4) is 0 Å². The molecule has 2 aromatic rings. The van der Waals surface area contributed by atoms with E-state index in [1.807, 2.05) is 24.3 Å². The summed E-state index contributed by atoms with van der Waals surface area (Å²) in [7, 11) is 1.35. The molecule has 0 spiro atoms. The van der Waals surface area contributed by atoms with Crippen molar-refractivity contribution in [1.82, 2.24) is 4.98 Å². The SMILES string of the molecule is COC(=O)C(N)CSCc1ccc2ncccc2c1. The Morgan fingerprint density at radius 2 is 2.32 bits per heavy atom. The molecule has 1 aromatic carbocycles. The number of benzene rings is 1. The number of nitrogens with two attached hydrogens (primary N) is 1. The van der Waals surface area contributed by atoms with Crippen LogP contribution in [0.5, 0.6) is 0 Å². The van der Waals surface area contributed by atoms with Crippen molar-refractivity contribution in [1.29, 1.82) is 0 Å². The first kappa shape index (κ1) is 13.8. The topological polar surface area (TPSA) is 65.2 Å². The van der Waals surface area contributed by atoms with Crippen LogP contribution in [0.4, 0.5) is 0 Å². The Hall–Kier alpha value is -1.59. The van der Waals surface area contributed by atoms with Crippen LogP contribution in [0.15, 0.2) is 36.5 Å². The highest BCUT2D eigenvalue weighted by Crippen LogP contribution is 2.18. The van der Waals surface area contributed by atoms with E-state index in [1.54, 1.807) is 18.0 Å². The summed E-state index contributed by atoms with van der Waals surface area (Å²) < 4.78 is 4.59. The number of hydrogen-bond acceptors (Lipinski definition) is 5. The number of aromatic nitrogens is 1. The van der Waals surface area contributed by atoms with Crippen molar-refractivity contribution in [2.75, 3.05) is 12.9 Å². The fourth-order valence-corrected chi connectivity index (χ4v) is 2.66. The number of fused-ring (bicyclic) bond motifs is 1. The number of carbonyl (C=O) groups is 1. The predicted octanol–water partition coefficient (Wildman–Crippen LogP) is 1.97. The van der Waals surface area contributed by atoms with E-state index in [2.05, 4.69) is 15.8 Å². The van der Waals surface area contributed by atoms with Crippen LogP contribution in [0.1, 0.15) is 5.56 Å². The first-order valence-corrected chi connectivity index (χ1v) is 7.11. The normalized spacial score (nSPS) is 12.3. The molecule has 1 atom stereocenters. The van der Waals surface area contributed by atoms with Crippen molar-refractivity contribution in [3.05, 3.63) is 42.1 Å². The quantitative estimate of drug-likeness (QED) is 0.846. The van der Waals surface area contributed by atoms with E-state index in [0.29, 0.717) is 5.75 Å². The van der Waals surface area contributed by atoms with Gasteiger partial charge in [-0.3, -0.25) is 9.78 Å². The molecular weight excluding hydrogens is 260 g/mol. The van der Waals surface area contributed by atoms with E-state index in [-0.39, 0.29) is 5.97 Å². The zero-order valence-corrected chi connectivity index (χ0v) is 11.5. The Kier molecular flexibility index (Phi) is 4.76. The predicted molar refractivity (Wildman–Crippen MR) is 77.9 cm³/mol. The molecule has 0 saturated carbocycles. The van der Waals surface area contributed by atoms with E-state index < -0.39 is 6.04 Å². The van der Waals surface area contributed by atoms with Gasteiger partial charge in [-0.2, -0.15) is 11.8 Å². The Labute approximate surface area is 116 Å². The molecule has 0 radical (unpaired) electrons. The third kappa shape index (κ3) is 3.68. The first-order valence-electron chi connectivity index (χ1n) is 5.95. The van der Waals surface area contributed by atoms with Crippen LogP contribution >= 0.6 is 11.8 Å². The van der Waals surface area contributed by atoms with Gasteiger partial charge in [0.15, 0.2) is 0 Å². The Balaban J connectivity index is 1.93. The molecule has 0 saturated heterocycles. The summed E-state index contributed by atoms with van der Waals surface area (Å²) >= 11 is 1.62. The molecule has 2 rings (SSSR count). The molecule has 4 nitrogen and oxygen atoms in total. The molecule has 0 aliphatic carbocycles. The van der Waals surface area contributed by atoms with Crippen molar-refractivity contribution < 1.29 is 9.53 Å². The zero-order valence-electron chi connectivity index (χ0n) is 10.7. The number of nitrogens with zero attached hydrogens (tertiary/aromatic N) is 1. The van der Waals surface area contributed by atoms with Gasteiger partial charge in [0.05, 0.1) is 12.6 Å². The lowest BCUT2D eigenvalue weighted by atomic mass is 10.1. The fraction of sp³-hybridized carbons (Fsp3) is 0.286. The van der Waals surface area contributed by atoms with Gasteiger partial charge in [-0.25, -0.2) is 0 Å². The van der Waals surface area contributed by atoms with Crippen molar-refractivity contribution in [2.45, 2.75) is 11.8 Å². The highest BCUT2D eigenvalue weighted by atomic mass is 32.2. The highest BCUT2D eigenvalue weighted by Gasteiger charge is 2.13. The Morgan fingerprint density at radius 1 is 1.47 bits per heavy atom. The maximum atomic E-state index is 11.2. The van der Waals surface area contributed by atoms with E-state index in [4.69, 9.17) is 5.73 Å². The van der Waals surface area contributed by atoms with Gasteiger partial charge in [-0.05, 0) is 23.8 Å². The molecule has 0 bridgehead atoms. The summed E-state index contributed by atoms with van der Waals surface area (Å²) in [6.45, 7) is 0. The van der Waals surface area contributed by atoms with Gasteiger partial charge in [0.1, 0.15) is 6.04 Å². The minimum absolute atomic E-state index is 0.366.